The molecule has 1 fully saturated rings. The van der Waals surface area contributed by atoms with Gasteiger partial charge < -0.3 is 4.90 Å². The Morgan fingerprint density at radius 1 is 1.22 bits per heavy atom. The number of carbonyl (C=O) groups excluding carboxylic acids is 1. The van der Waals surface area contributed by atoms with Crippen LogP contribution in [0, 0.1) is 5.92 Å². The van der Waals surface area contributed by atoms with Gasteiger partial charge in [-0.3, -0.25) is 4.79 Å². The largest absolute Gasteiger partial charge is 0.331 e. The maximum atomic E-state index is 11.9. The van der Waals surface area contributed by atoms with Gasteiger partial charge in [0.2, 0.25) is 0 Å². The average molecular weight is 246 g/mol. The van der Waals surface area contributed by atoms with Crippen molar-refractivity contribution in [3.8, 4) is 0 Å². The summed E-state index contributed by atoms with van der Waals surface area (Å²) < 4.78 is 0. The molecule has 2 nitrogen and oxygen atoms in total. The molecule has 18 heavy (non-hydrogen) atoms. The number of rotatable bonds is 5. The van der Waals surface area contributed by atoms with Gasteiger partial charge in [-0.1, -0.05) is 37.3 Å². The summed E-state index contributed by atoms with van der Waals surface area (Å²) in [6.07, 6.45) is 3.94. The molecule has 0 unspecified atom stereocenters. The van der Waals surface area contributed by atoms with Crippen molar-refractivity contribution in [1.82, 2.24) is 0 Å². The summed E-state index contributed by atoms with van der Waals surface area (Å²) in [7, 11) is 0. The van der Waals surface area contributed by atoms with Gasteiger partial charge in [-0.05, 0) is 6.42 Å². The van der Waals surface area contributed by atoms with Gasteiger partial charge in [0.05, 0.1) is 13.1 Å². The van der Waals surface area contributed by atoms with E-state index in [1.165, 1.54) is 5.56 Å². The van der Waals surface area contributed by atoms with Gasteiger partial charge in [0.1, 0.15) is 12.3 Å². The second-order valence-corrected chi connectivity index (χ2v) is 5.40. The van der Waals surface area contributed by atoms with Gasteiger partial charge in [0.15, 0.2) is 0 Å². The smallest absolute Gasteiger partial charge is 0.136 e. The third-order valence-corrected chi connectivity index (χ3v) is 3.94. The van der Waals surface area contributed by atoms with Crippen LogP contribution in [0.25, 0.3) is 0 Å². The highest BCUT2D eigenvalue weighted by Crippen LogP contribution is 2.14. The number of hydrogen-bond donors (Lipinski definition) is 1. The first-order chi connectivity index (χ1) is 8.79. The van der Waals surface area contributed by atoms with Crippen LogP contribution >= 0.6 is 0 Å². The van der Waals surface area contributed by atoms with Crippen molar-refractivity contribution in [2.45, 2.75) is 39.2 Å². The molecule has 0 bridgehead atoms. The van der Waals surface area contributed by atoms with E-state index in [1.54, 1.807) is 4.90 Å². The minimum absolute atomic E-state index is 0.351. The van der Waals surface area contributed by atoms with E-state index in [1.807, 2.05) is 0 Å². The number of quaternary nitrogens is 1. The fourth-order valence-corrected chi connectivity index (χ4v) is 2.86. The summed E-state index contributed by atoms with van der Waals surface area (Å²) in [6.45, 7) is 5.49. The molecule has 2 rings (SSSR count). The van der Waals surface area contributed by atoms with Gasteiger partial charge in [0.25, 0.3) is 0 Å². The van der Waals surface area contributed by atoms with Crippen molar-refractivity contribution in [2.75, 3.05) is 13.1 Å². The molecule has 98 valence electrons. The van der Waals surface area contributed by atoms with Crippen molar-refractivity contribution < 1.29 is 9.69 Å². The highest BCUT2D eigenvalue weighted by molar-refractivity contribution is 5.80. The Balaban J connectivity index is 1.78. The molecule has 1 aromatic rings. The molecule has 2 heteroatoms. The molecule has 0 atom stereocenters. The van der Waals surface area contributed by atoms with Crippen LogP contribution in [0.2, 0.25) is 0 Å². The zero-order chi connectivity index (χ0) is 12.8. The van der Waals surface area contributed by atoms with Gasteiger partial charge in [0, 0.05) is 30.7 Å². The Morgan fingerprint density at radius 3 is 2.50 bits per heavy atom. The number of benzene rings is 1. The molecule has 1 N–H and O–H groups in total. The Labute approximate surface area is 110 Å². The molecule has 1 saturated heterocycles. The highest BCUT2D eigenvalue weighted by Gasteiger charge is 2.26. The molecule has 0 aliphatic carbocycles. The van der Waals surface area contributed by atoms with E-state index < -0.39 is 0 Å². The van der Waals surface area contributed by atoms with E-state index in [4.69, 9.17) is 0 Å². The van der Waals surface area contributed by atoms with Crippen LogP contribution < -0.4 is 4.90 Å². The third kappa shape index (κ3) is 3.67. The second kappa shape index (κ2) is 6.69. The van der Waals surface area contributed by atoms with Crippen molar-refractivity contribution in [3.63, 3.8) is 0 Å². The zero-order valence-electron chi connectivity index (χ0n) is 11.3. The lowest BCUT2D eigenvalue weighted by Crippen LogP contribution is -3.11. The van der Waals surface area contributed by atoms with Crippen LogP contribution in [-0.4, -0.2) is 18.9 Å². The van der Waals surface area contributed by atoms with Crippen LogP contribution in [0.15, 0.2) is 30.3 Å². The van der Waals surface area contributed by atoms with Crippen molar-refractivity contribution in [1.29, 1.82) is 0 Å². The predicted molar refractivity (Wildman–Crippen MR) is 73.5 cm³/mol. The average Bonchev–Trinajstić information content (AvgIpc) is 2.41. The summed E-state index contributed by atoms with van der Waals surface area (Å²) in [4.78, 5) is 13.5. The first-order valence-corrected chi connectivity index (χ1v) is 7.19. The quantitative estimate of drug-likeness (QED) is 0.841. The first kappa shape index (κ1) is 13.3. The van der Waals surface area contributed by atoms with Crippen LogP contribution in [0.4, 0.5) is 0 Å². The predicted octanol–water partition coefficient (Wildman–Crippen LogP) is 1.85. The van der Waals surface area contributed by atoms with Crippen molar-refractivity contribution in [2.24, 2.45) is 5.92 Å². The number of likely N-dealkylation sites (tertiary alicyclic amines) is 1. The summed E-state index contributed by atoms with van der Waals surface area (Å²) in [5.74, 6) is 0.848. The van der Waals surface area contributed by atoms with Crippen molar-refractivity contribution in [3.05, 3.63) is 35.9 Å². The van der Waals surface area contributed by atoms with Crippen LogP contribution in [-0.2, 0) is 11.3 Å². The van der Waals surface area contributed by atoms with Gasteiger partial charge in [-0.15, -0.1) is 0 Å². The summed E-state index contributed by atoms with van der Waals surface area (Å²) in [5.41, 5.74) is 1.41. The van der Waals surface area contributed by atoms with Gasteiger partial charge in [-0.25, -0.2) is 0 Å². The lowest BCUT2D eigenvalue weighted by molar-refractivity contribution is -0.919. The van der Waals surface area contributed by atoms with Crippen LogP contribution in [0.3, 0.4) is 0 Å². The highest BCUT2D eigenvalue weighted by atomic mass is 16.1. The number of Topliss-reactive ketones (excluding diaryl/α,β-unsaturated/α-hetero) is 1. The maximum Gasteiger partial charge on any atom is 0.136 e. The Hall–Kier alpha value is -1.15. The molecule has 1 aliphatic heterocycles. The second-order valence-electron chi connectivity index (χ2n) is 5.40. The van der Waals surface area contributed by atoms with Crippen LogP contribution in [0.1, 0.15) is 38.2 Å². The molecule has 0 aromatic heterocycles. The van der Waals surface area contributed by atoms with Gasteiger partial charge >= 0.3 is 0 Å². The Kier molecular flexibility index (Phi) is 4.94. The van der Waals surface area contributed by atoms with E-state index >= 15 is 0 Å². The monoisotopic (exact) mass is 246 g/mol. The topological polar surface area (TPSA) is 21.5 Å². The number of nitrogens with one attached hydrogen (secondary N) is 1. The molecule has 0 saturated carbocycles. The summed E-state index contributed by atoms with van der Waals surface area (Å²) in [5, 5.41) is 0. The number of ketones is 1. The Bertz CT molecular complexity index is 366. The normalized spacial score (nSPS) is 23.8. The fraction of sp³-hybridized carbons (Fsp3) is 0.562. The molecular formula is C16H24NO+. The van der Waals surface area contributed by atoms with E-state index in [0.29, 0.717) is 11.7 Å². The minimum Gasteiger partial charge on any atom is -0.331 e. The summed E-state index contributed by atoms with van der Waals surface area (Å²) >= 11 is 0. The lowest BCUT2D eigenvalue weighted by atomic mass is 9.90. The molecular weight excluding hydrogens is 222 g/mol. The molecule has 0 radical (unpaired) electrons. The molecule has 0 spiro atoms. The fourth-order valence-electron chi connectivity index (χ4n) is 2.86. The number of hydrogen-bond acceptors (Lipinski definition) is 1. The standard InChI is InChI=1S/C16H23NO/c1-2-6-16(18)15-9-11-17(12-10-15)13-14-7-4-3-5-8-14/h3-5,7-8,15H,2,6,9-13H2,1H3/p+1. The van der Waals surface area contributed by atoms with Crippen LogP contribution in [0.5, 0.6) is 0 Å². The van der Waals surface area contributed by atoms with Crippen molar-refractivity contribution >= 4 is 5.78 Å². The first-order valence-electron chi connectivity index (χ1n) is 7.19. The molecule has 1 aliphatic rings. The minimum atomic E-state index is 0.351. The molecule has 1 heterocycles. The third-order valence-electron chi connectivity index (χ3n) is 3.94. The zero-order valence-corrected chi connectivity index (χ0v) is 11.3. The Morgan fingerprint density at radius 2 is 1.89 bits per heavy atom. The van der Waals surface area contributed by atoms with E-state index in [0.717, 1.165) is 45.3 Å². The van der Waals surface area contributed by atoms with E-state index in [-0.39, 0.29) is 0 Å². The van der Waals surface area contributed by atoms with Gasteiger partial charge in [-0.2, -0.15) is 0 Å². The molecule has 0 amide bonds. The SMILES string of the molecule is CCCC(=O)C1CC[NH+](Cc2ccccc2)CC1. The van der Waals surface area contributed by atoms with E-state index in [2.05, 4.69) is 37.3 Å². The number of carbonyl (C=O) groups is 1. The van der Waals surface area contributed by atoms with E-state index in [9.17, 15) is 4.79 Å². The number of piperidine rings is 1. The summed E-state index contributed by atoms with van der Waals surface area (Å²) in [6, 6.07) is 10.7. The molecule has 1 aromatic carbocycles. The lowest BCUT2D eigenvalue weighted by Gasteiger charge is -2.28. The maximum absolute atomic E-state index is 11.9.